The zero-order valence-corrected chi connectivity index (χ0v) is 23.5. The van der Waals surface area contributed by atoms with E-state index in [-0.39, 0.29) is 10.8 Å². The predicted molar refractivity (Wildman–Crippen MR) is 135 cm³/mol. The van der Waals surface area contributed by atoms with Crippen LogP contribution < -0.4 is 4.43 Å². The minimum atomic E-state index is -1.67. The smallest absolute Gasteiger partial charge is 0.242 e. The lowest BCUT2D eigenvalue weighted by Gasteiger charge is -2.58. The Morgan fingerprint density at radius 3 is 2.10 bits per heavy atom. The van der Waals surface area contributed by atoms with Crippen LogP contribution in [0.15, 0.2) is 12.1 Å². The van der Waals surface area contributed by atoms with E-state index in [0.717, 1.165) is 5.75 Å². The molecule has 0 aliphatic heterocycles. The summed E-state index contributed by atoms with van der Waals surface area (Å²) in [5.41, 5.74) is 4.94. The van der Waals surface area contributed by atoms with Crippen LogP contribution in [0.25, 0.3) is 0 Å². The molecule has 2 nitrogen and oxygen atoms in total. The molecule has 3 unspecified atom stereocenters. The van der Waals surface area contributed by atoms with Crippen LogP contribution in [0.3, 0.4) is 0 Å². The molecule has 0 aromatic heterocycles. The summed E-state index contributed by atoms with van der Waals surface area (Å²) in [7, 11) is -3.23. The highest BCUT2D eigenvalue weighted by molar-refractivity contribution is 6.70. The molecule has 1 aromatic carbocycles. The minimum Gasteiger partial charge on any atom is -0.544 e. The van der Waals surface area contributed by atoms with Gasteiger partial charge in [-0.15, -0.1) is 0 Å². The monoisotopic (exact) mass is 446 g/mol. The highest BCUT2D eigenvalue weighted by atomic mass is 28.4. The molecule has 2 aliphatic carbocycles. The summed E-state index contributed by atoms with van der Waals surface area (Å²) in [6.45, 7) is 26.0. The summed E-state index contributed by atoms with van der Waals surface area (Å²) < 4.78 is 13.4. The average Bonchev–Trinajstić information content (AvgIpc) is 2.55. The number of hydrogen-bond acceptors (Lipinski definition) is 2. The fourth-order valence-corrected chi connectivity index (χ4v) is 8.34. The Labute approximate surface area is 188 Å². The first-order valence-corrected chi connectivity index (χ1v) is 18.9. The molecule has 1 fully saturated rings. The highest BCUT2D eigenvalue weighted by Crippen LogP contribution is 2.58. The van der Waals surface area contributed by atoms with Crippen LogP contribution in [0, 0.1) is 11.3 Å². The van der Waals surface area contributed by atoms with Crippen molar-refractivity contribution >= 4 is 16.6 Å². The van der Waals surface area contributed by atoms with E-state index in [2.05, 4.69) is 86.0 Å². The molecule has 0 radical (unpaired) electrons. The Balaban J connectivity index is 2.05. The zero-order valence-electron chi connectivity index (χ0n) is 21.5. The molecular formula is C26H46O2Si2. The third-order valence-corrected chi connectivity index (χ3v) is 9.33. The normalized spacial score (nSPS) is 28.8. The van der Waals surface area contributed by atoms with Crippen LogP contribution in [0.1, 0.15) is 76.5 Å². The largest absolute Gasteiger partial charge is 0.544 e. The maximum absolute atomic E-state index is 6.74. The van der Waals surface area contributed by atoms with E-state index in [1.54, 1.807) is 11.1 Å². The van der Waals surface area contributed by atoms with Crippen molar-refractivity contribution < 1.29 is 8.85 Å². The Morgan fingerprint density at radius 2 is 1.57 bits per heavy atom. The SMILES string of the molecule is CC(C)c1cc2c(cc1O[Si](C)(C)C)C1(C)CCC(O[Si](C)(C)C)C(C)(C)C1CC2. The molecule has 3 atom stereocenters. The molecular weight excluding hydrogens is 400 g/mol. The summed E-state index contributed by atoms with van der Waals surface area (Å²) >= 11 is 0. The van der Waals surface area contributed by atoms with Crippen molar-refractivity contribution in [3.63, 3.8) is 0 Å². The van der Waals surface area contributed by atoms with Gasteiger partial charge in [0.2, 0.25) is 8.32 Å². The first-order valence-electron chi connectivity index (χ1n) is 12.1. The zero-order chi connectivity index (χ0) is 22.7. The van der Waals surface area contributed by atoms with Crippen molar-refractivity contribution in [2.75, 3.05) is 0 Å². The lowest BCUT2D eigenvalue weighted by molar-refractivity contribution is -0.0636. The molecule has 0 amide bonds. The van der Waals surface area contributed by atoms with Gasteiger partial charge in [0.15, 0.2) is 8.32 Å². The van der Waals surface area contributed by atoms with Gasteiger partial charge in [0.1, 0.15) is 5.75 Å². The lowest BCUT2D eigenvalue weighted by Crippen LogP contribution is -2.56. The van der Waals surface area contributed by atoms with Gasteiger partial charge in [-0.1, -0.05) is 40.7 Å². The highest BCUT2D eigenvalue weighted by Gasteiger charge is 2.54. The van der Waals surface area contributed by atoms with E-state index in [0.29, 0.717) is 17.9 Å². The van der Waals surface area contributed by atoms with E-state index in [4.69, 9.17) is 8.85 Å². The molecule has 1 aromatic rings. The molecule has 170 valence electrons. The molecule has 0 heterocycles. The number of fused-ring (bicyclic) bond motifs is 3. The third kappa shape index (κ3) is 4.61. The van der Waals surface area contributed by atoms with Crippen LogP contribution in [-0.2, 0) is 16.3 Å². The molecule has 30 heavy (non-hydrogen) atoms. The van der Waals surface area contributed by atoms with Crippen LogP contribution in [0.2, 0.25) is 39.3 Å². The van der Waals surface area contributed by atoms with Gasteiger partial charge in [-0.25, -0.2) is 0 Å². The lowest BCUT2D eigenvalue weighted by atomic mass is 9.49. The Hall–Kier alpha value is -0.586. The Morgan fingerprint density at radius 1 is 0.933 bits per heavy atom. The number of aryl methyl sites for hydroxylation is 1. The van der Waals surface area contributed by atoms with E-state index in [1.165, 1.54) is 31.2 Å². The minimum absolute atomic E-state index is 0.196. The average molecular weight is 447 g/mol. The van der Waals surface area contributed by atoms with Gasteiger partial charge >= 0.3 is 0 Å². The van der Waals surface area contributed by atoms with Gasteiger partial charge in [0.05, 0.1) is 6.10 Å². The van der Waals surface area contributed by atoms with Crippen LogP contribution >= 0.6 is 0 Å². The van der Waals surface area contributed by atoms with Gasteiger partial charge in [0.25, 0.3) is 0 Å². The third-order valence-electron chi connectivity index (χ3n) is 7.51. The van der Waals surface area contributed by atoms with E-state index in [1.807, 2.05) is 0 Å². The molecule has 3 rings (SSSR count). The molecule has 2 aliphatic rings. The Kier molecular flexibility index (Phi) is 6.23. The second-order valence-corrected chi connectivity index (χ2v) is 21.9. The van der Waals surface area contributed by atoms with Gasteiger partial charge in [0, 0.05) is 0 Å². The first-order chi connectivity index (χ1) is 13.5. The van der Waals surface area contributed by atoms with Gasteiger partial charge in [-0.05, 0) is 110 Å². The maximum atomic E-state index is 6.74. The van der Waals surface area contributed by atoms with Crippen molar-refractivity contribution in [3.8, 4) is 5.75 Å². The fourth-order valence-electron chi connectivity index (χ4n) is 6.22. The molecule has 0 N–H and O–H groups in total. The summed E-state index contributed by atoms with van der Waals surface area (Å²) in [6.07, 6.45) is 5.23. The quantitative estimate of drug-likeness (QED) is 0.428. The van der Waals surface area contributed by atoms with Crippen molar-refractivity contribution in [3.05, 3.63) is 28.8 Å². The number of hydrogen-bond donors (Lipinski definition) is 0. The fraction of sp³-hybridized carbons (Fsp3) is 0.769. The standard InChI is InChI=1S/C26H46O2Si2/c1-18(2)20-16-19-12-13-23-25(3,4)24(28-30(9,10)11)14-15-26(23,5)21(19)17-22(20)27-29(6,7)8/h16-18,23-24H,12-15H2,1-11H3. The van der Waals surface area contributed by atoms with Crippen molar-refractivity contribution in [1.82, 2.24) is 0 Å². The number of rotatable bonds is 5. The second-order valence-electron chi connectivity index (χ2n) is 13.0. The summed E-state index contributed by atoms with van der Waals surface area (Å²) in [6, 6.07) is 4.96. The van der Waals surface area contributed by atoms with Crippen molar-refractivity contribution in [2.24, 2.45) is 11.3 Å². The predicted octanol–water partition coefficient (Wildman–Crippen LogP) is 7.88. The molecule has 0 spiro atoms. The van der Waals surface area contributed by atoms with Crippen LogP contribution in [0.5, 0.6) is 5.75 Å². The van der Waals surface area contributed by atoms with E-state index in [9.17, 15) is 0 Å². The maximum Gasteiger partial charge on any atom is 0.242 e. The molecule has 4 heteroatoms. The number of benzene rings is 1. The van der Waals surface area contributed by atoms with E-state index < -0.39 is 16.6 Å². The molecule has 0 saturated heterocycles. The van der Waals surface area contributed by atoms with Crippen molar-refractivity contribution in [2.45, 2.75) is 117 Å². The molecule has 0 bridgehead atoms. The second kappa shape index (κ2) is 7.77. The summed E-state index contributed by atoms with van der Waals surface area (Å²) in [5.74, 6) is 2.30. The Bertz CT molecular complexity index is 785. The van der Waals surface area contributed by atoms with Gasteiger partial charge in [-0.3, -0.25) is 0 Å². The summed E-state index contributed by atoms with van der Waals surface area (Å²) in [5, 5.41) is 0. The van der Waals surface area contributed by atoms with Crippen molar-refractivity contribution in [1.29, 1.82) is 0 Å². The van der Waals surface area contributed by atoms with Crippen LogP contribution in [-0.4, -0.2) is 22.7 Å². The van der Waals surface area contributed by atoms with Gasteiger partial charge < -0.3 is 8.85 Å². The summed E-state index contributed by atoms with van der Waals surface area (Å²) in [4.78, 5) is 0. The molecule has 1 saturated carbocycles. The van der Waals surface area contributed by atoms with Gasteiger partial charge in [-0.2, -0.15) is 0 Å². The first kappa shape index (κ1) is 24.1. The topological polar surface area (TPSA) is 18.5 Å². The van der Waals surface area contributed by atoms with E-state index >= 15 is 0 Å². The van der Waals surface area contributed by atoms with Crippen LogP contribution in [0.4, 0.5) is 0 Å².